The van der Waals surface area contributed by atoms with Crippen molar-refractivity contribution in [1.82, 2.24) is 0 Å². The van der Waals surface area contributed by atoms with Crippen molar-refractivity contribution in [1.29, 1.82) is 0 Å². The van der Waals surface area contributed by atoms with Crippen molar-refractivity contribution in [2.24, 2.45) is 5.92 Å². The van der Waals surface area contributed by atoms with Gasteiger partial charge in [-0.15, -0.1) is 0 Å². The van der Waals surface area contributed by atoms with Crippen LogP contribution in [0.25, 0.3) is 0 Å². The van der Waals surface area contributed by atoms with Crippen LogP contribution in [0.2, 0.25) is 0 Å². The van der Waals surface area contributed by atoms with Gasteiger partial charge >= 0.3 is 0 Å². The molecule has 0 saturated carbocycles. The molecule has 2 nitrogen and oxygen atoms in total. The predicted molar refractivity (Wildman–Crippen MR) is 85.1 cm³/mol. The molecule has 0 heterocycles. The SMILES string of the molecule is CC(C)CCOc1cccc(CNc2ccc(F)cc2)c1. The molecule has 0 aliphatic heterocycles. The highest BCUT2D eigenvalue weighted by molar-refractivity contribution is 5.44. The van der Waals surface area contributed by atoms with Gasteiger partial charge in [0.15, 0.2) is 0 Å². The van der Waals surface area contributed by atoms with E-state index in [0.717, 1.165) is 30.0 Å². The van der Waals surface area contributed by atoms with Crippen LogP contribution >= 0.6 is 0 Å². The second-order valence-electron chi connectivity index (χ2n) is 5.54. The number of anilines is 1. The molecule has 0 amide bonds. The first kappa shape index (κ1) is 15.4. The Kier molecular flexibility index (Phi) is 5.61. The number of hydrogen-bond acceptors (Lipinski definition) is 2. The minimum atomic E-state index is -0.221. The van der Waals surface area contributed by atoms with E-state index < -0.39 is 0 Å². The molecule has 0 spiro atoms. The normalized spacial score (nSPS) is 10.7. The maximum atomic E-state index is 12.8. The van der Waals surface area contributed by atoms with Crippen molar-refractivity contribution in [2.75, 3.05) is 11.9 Å². The highest BCUT2D eigenvalue weighted by Gasteiger charge is 2.00. The number of rotatable bonds is 7. The summed E-state index contributed by atoms with van der Waals surface area (Å²) in [5.74, 6) is 1.32. The summed E-state index contributed by atoms with van der Waals surface area (Å²) in [5, 5.41) is 3.27. The smallest absolute Gasteiger partial charge is 0.123 e. The summed E-state index contributed by atoms with van der Waals surface area (Å²) in [5.41, 5.74) is 2.05. The van der Waals surface area contributed by atoms with Crippen molar-refractivity contribution in [3.05, 3.63) is 59.9 Å². The van der Waals surface area contributed by atoms with Gasteiger partial charge in [0.25, 0.3) is 0 Å². The van der Waals surface area contributed by atoms with Gasteiger partial charge in [0.2, 0.25) is 0 Å². The molecule has 0 radical (unpaired) electrons. The van der Waals surface area contributed by atoms with Crippen molar-refractivity contribution < 1.29 is 9.13 Å². The van der Waals surface area contributed by atoms with E-state index in [0.29, 0.717) is 12.5 Å². The number of nitrogens with one attached hydrogen (secondary N) is 1. The maximum absolute atomic E-state index is 12.8. The van der Waals surface area contributed by atoms with Crippen LogP contribution in [0.3, 0.4) is 0 Å². The van der Waals surface area contributed by atoms with Crippen LogP contribution < -0.4 is 10.1 Å². The lowest BCUT2D eigenvalue weighted by atomic mass is 10.1. The van der Waals surface area contributed by atoms with Gasteiger partial charge in [-0.25, -0.2) is 4.39 Å². The van der Waals surface area contributed by atoms with Crippen LogP contribution in [0.4, 0.5) is 10.1 Å². The number of ether oxygens (including phenoxy) is 1. The molecule has 1 N–H and O–H groups in total. The Hall–Kier alpha value is -2.03. The highest BCUT2D eigenvalue weighted by Crippen LogP contribution is 2.16. The lowest BCUT2D eigenvalue weighted by Gasteiger charge is -2.10. The monoisotopic (exact) mass is 287 g/mol. The van der Waals surface area contributed by atoms with Gasteiger partial charge in [0.05, 0.1) is 6.61 Å². The first-order valence-electron chi connectivity index (χ1n) is 7.34. The van der Waals surface area contributed by atoms with Crippen molar-refractivity contribution >= 4 is 5.69 Å². The lowest BCUT2D eigenvalue weighted by molar-refractivity contribution is 0.289. The van der Waals surface area contributed by atoms with Gasteiger partial charge in [-0.05, 0) is 54.3 Å². The van der Waals surface area contributed by atoms with Gasteiger partial charge in [0, 0.05) is 12.2 Å². The minimum absolute atomic E-state index is 0.221. The molecule has 0 saturated heterocycles. The maximum Gasteiger partial charge on any atom is 0.123 e. The molecule has 0 aliphatic carbocycles. The predicted octanol–water partition coefficient (Wildman–Crippen LogP) is 4.86. The third-order valence-electron chi connectivity index (χ3n) is 3.20. The van der Waals surface area contributed by atoms with Gasteiger partial charge < -0.3 is 10.1 Å². The van der Waals surface area contributed by atoms with Crippen LogP contribution in [-0.2, 0) is 6.54 Å². The van der Waals surface area contributed by atoms with Crippen LogP contribution in [0, 0.1) is 11.7 Å². The molecule has 0 bridgehead atoms. The third kappa shape index (κ3) is 5.46. The summed E-state index contributed by atoms with van der Waals surface area (Å²) in [6.07, 6.45) is 1.05. The topological polar surface area (TPSA) is 21.3 Å². The molecule has 3 heteroatoms. The zero-order chi connectivity index (χ0) is 15.1. The Balaban J connectivity index is 1.87. The first-order valence-corrected chi connectivity index (χ1v) is 7.34. The summed E-state index contributed by atoms with van der Waals surface area (Å²) in [6.45, 7) is 5.80. The Morgan fingerprint density at radius 2 is 1.86 bits per heavy atom. The zero-order valence-corrected chi connectivity index (χ0v) is 12.6. The number of halogens is 1. The summed E-state index contributed by atoms with van der Waals surface area (Å²) < 4.78 is 18.6. The van der Waals surface area contributed by atoms with Crippen molar-refractivity contribution in [2.45, 2.75) is 26.8 Å². The fraction of sp³-hybridized carbons (Fsp3) is 0.333. The molecule has 112 valence electrons. The Morgan fingerprint density at radius 3 is 2.57 bits per heavy atom. The Bertz CT molecular complexity index is 551. The van der Waals surface area contributed by atoms with Gasteiger partial charge in [-0.3, -0.25) is 0 Å². The first-order chi connectivity index (χ1) is 10.1. The van der Waals surface area contributed by atoms with E-state index in [-0.39, 0.29) is 5.82 Å². The van der Waals surface area contributed by atoms with Gasteiger partial charge in [-0.2, -0.15) is 0 Å². The molecule has 2 aromatic carbocycles. The number of hydrogen-bond donors (Lipinski definition) is 1. The average Bonchev–Trinajstić information content (AvgIpc) is 2.47. The van der Waals surface area contributed by atoms with E-state index in [4.69, 9.17) is 4.74 Å². The lowest BCUT2D eigenvalue weighted by Crippen LogP contribution is -2.03. The van der Waals surface area contributed by atoms with Crippen LogP contribution in [0.15, 0.2) is 48.5 Å². The molecule has 0 unspecified atom stereocenters. The largest absolute Gasteiger partial charge is 0.494 e. The Labute approximate surface area is 126 Å². The fourth-order valence-corrected chi connectivity index (χ4v) is 1.93. The van der Waals surface area contributed by atoms with Crippen molar-refractivity contribution in [3.8, 4) is 5.75 Å². The minimum Gasteiger partial charge on any atom is -0.494 e. The summed E-state index contributed by atoms with van der Waals surface area (Å²) in [4.78, 5) is 0. The third-order valence-corrected chi connectivity index (χ3v) is 3.20. The highest BCUT2D eigenvalue weighted by atomic mass is 19.1. The number of benzene rings is 2. The van der Waals surface area contributed by atoms with E-state index in [1.54, 1.807) is 12.1 Å². The summed E-state index contributed by atoms with van der Waals surface area (Å²) in [6, 6.07) is 14.4. The standard InChI is InChI=1S/C18H22FNO/c1-14(2)10-11-21-18-5-3-4-15(12-18)13-20-17-8-6-16(19)7-9-17/h3-9,12,14,20H,10-11,13H2,1-2H3. The average molecular weight is 287 g/mol. The zero-order valence-electron chi connectivity index (χ0n) is 12.6. The molecule has 0 fully saturated rings. The molecule has 0 atom stereocenters. The van der Waals surface area contributed by atoms with E-state index in [1.165, 1.54) is 12.1 Å². The molecular weight excluding hydrogens is 265 g/mol. The van der Waals surface area contributed by atoms with Crippen molar-refractivity contribution in [3.63, 3.8) is 0 Å². The fourth-order valence-electron chi connectivity index (χ4n) is 1.93. The molecule has 2 aromatic rings. The molecular formula is C18H22FNO. The van der Waals surface area contributed by atoms with Gasteiger partial charge in [-0.1, -0.05) is 26.0 Å². The summed E-state index contributed by atoms with van der Waals surface area (Å²) in [7, 11) is 0. The van der Waals surface area contributed by atoms with Crippen LogP contribution in [0.1, 0.15) is 25.8 Å². The Morgan fingerprint density at radius 1 is 1.10 bits per heavy atom. The van der Waals surface area contributed by atoms with E-state index in [1.807, 2.05) is 24.3 Å². The van der Waals surface area contributed by atoms with Gasteiger partial charge in [0.1, 0.15) is 11.6 Å². The second-order valence-corrected chi connectivity index (χ2v) is 5.54. The van der Waals surface area contributed by atoms with E-state index >= 15 is 0 Å². The molecule has 2 rings (SSSR count). The molecule has 21 heavy (non-hydrogen) atoms. The summed E-state index contributed by atoms with van der Waals surface area (Å²) >= 11 is 0. The van der Waals surface area contributed by atoms with Crippen LogP contribution in [-0.4, -0.2) is 6.61 Å². The molecule has 0 aliphatic rings. The quantitative estimate of drug-likeness (QED) is 0.785. The molecule has 0 aromatic heterocycles. The van der Waals surface area contributed by atoms with E-state index in [2.05, 4.69) is 19.2 Å². The second kappa shape index (κ2) is 7.67. The van der Waals surface area contributed by atoms with E-state index in [9.17, 15) is 4.39 Å². The van der Waals surface area contributed by atoms with Crippen LogP contribution in [0.5, 0.6) is 5.75 Å².